The van der Waals surface area contributed by atoms with Crippen molar-refractivity contribution in [3.8, 4) is 5.75 Å². The van der Waals surface area contributed by atoms with Gasteiger partial charge in [0.25, 0.3) is 0 Å². The molecule has 1 rings (SSSR count). The number of hydrogen-bond acceptors (Lipinski definition) is 5. The maximum atomic E-state index is 12.1. The Balaban J connectivity index is 0.00000900. The fourth-order valence-corrected chi connectivity index (χ4v) is 3.19. The summed E-state index contributed by atoms with van der Waals surface area (Å²) in [5.41, 5.74) is 0.712. The Hall–Kier alpha value is -1.37. The number of benzene rings is 1. The Bertz CT molecular complexity index is 648. The number of ether oxygens (including phenoxy) is 1. The number of esters is 1. The fourth-order valence-electron chi connectivity index (χ4n) is 3.19. The Morgan fingerprint density at radius 3 is 1.97 bits per heavy atom. The van der Waals surface area contributed by atoms with Crippen molar-refractivity contribution < 1.29 is 53.8 Å². The van der Waals surface area contributed by atoms with Crippen LogP contribution in [0.5, 0.6) is 5.75 Å². The van der Waals surface area contributed by atoms with Gasteiger partial charge in [-0.3, -0.25) is 9.59 Å². The van der Waals surface area contributed by atoms with E-state index in [-0.39, 0.29) is 54.3 Å². The van der Waals surface area contributed by atoms with Crippen LogP contribution in [-0.4, -0.2) is 23.9 Å². The van der Waals surface area contributed by atoms with Crippen molar-refractivity contribution >= 4 is 17.8 Å². The molecule has 0 saturated heterocycles. The van der Waals surface area contributed by atoms with Crippen LogP contribution in [0, 0.1) is 0 Å². The summed E-state index contributed by atoms with van der Waals surface area (Å²) in [6.07, 6.45) is 11.1. The van der Waals surface area contributed by atoms with Crippen LogP contribution < -0.4 is 44.7 Å². The van der Waals surface area contributed by atoms with Gasteiger partial charge in [0.15, 0.2) is 0 Å². The van der Waals surface area contributed by atoms with E-state index in [4.69, 9.17) is 4.74 Å². The molecule has 168 valence electrons. The summed E-state index contributed by atoms with van der Waals surface area (Å²) in [4.78, 5) is 34.8. The zero-order valence-electron chi connectivity index (χ0n) is 19.4. The van der Waals surface area contributed by atoms with E-state index in [0.29, 0.717) is 17.7 Å². The maximum Gasteiger partial charge on any atom is 1.00 e. The van der Waals surface area contributed by atoms with Gasteiger partial charge in [0.1, 0.15) is 5.75 Å². The number of hydrogen-bond donors (Lipinski definition) is 1. The van der Waals surface area contributed by atoms with Gasteiger partial charge in [0, 0.05) is 12.8 Å². The topological polar surface area (TPSA) is 95.5 Å². The zero-order valence-corrected chi connectivity index (χ0v) is 21.4. The molecule has 1 N–H and O–H groups in total. The van der Waals surface area contributed by atoms with Crippen LogP contribution in [-0.2, 0) is 20.8 Å². The van der Waals surface area contributed by atoms with Crippen LogP contribution in [0.25, 0.3) is 0 Å². The zero-order chi connectivity index (χ0) is 22.2. The number of carboxylic acids is 1. The summed E-state index contributed by atoms with van der Waals surface area (Å²) in [7, 11) is 0. The molecule has 0 unspecified atom stereocenters. The molecule has 0 spiro atoms. The standard InChI is InChI=1S/C24H37NO5.Na/c1-3-5-6-7-8-9-10-11-12-13-22(26)25-21(24(28)29)18-19-14-16-20(17-15-19)30-23(27)4-2;/h14-17,21H,3-13,18H2,1-2H3,(H,25,26)(H,28,29);/q;+1/p-1/t21-;/m0./s1. The molecule has 6 nitrogen and oxygen atoms in total. The van der Waals surface area contributed by atoms with Gasteiger partial charge in [0.2, 0.25) is 5.91 Å². The van der Waals surface area contributed by atoms with Crippen LogP contribution >= 0.6 is 0 Å². The van der Waals surface area contributed by atoms with Gasteiger partial charge in [-0.15, -0.1) is 0 Å². The second kappa shape index (κ2) is 18.2. The van der Waals surface area contributed by atoms with E-state index in [2.05, 4.69) is 12.2 Å². The number of carboxylic acid groups (broad SMARTS) is 1. The van der Waals surface area contributed by atoms with E-state index in [1.165, 1.54) is 38.5 Å². The normalized spacial score (nSPS) is 11.3. The third-order valence-electron chi connectivity index (χ3n) is 5.01. The number of nitrogens with one attached hydrogen (secondary N) is 1. The van der Waals surface area contributed by atoms with Crippen molar-refractivity contribution in [2.45, 2.75) is 96.9 Å². The van der Waals surface area contributed by atoms with E-state index in [1.807, 2.05) is 0 Å². The van der Waals surface area contributed by atoms with E-state index >= 15 is 0 Å². The number of carbonyl (C=O) groups excluding carboxylic acids is 3. The van der Waals surface area contributed by atoms with Crippen LogP contribution in [0.2, 0.25) is 0 Å². The summed E-state index contributed by atoms with van der Waals surface area (Å²) < 4.78 is 5.09. The molecule has 0 aliphatic heterocycles. The molecule has 0 saturated carbocycles. The van der Waals surface area contributed by atoms with Gasteiger partial charge in [0.05, 0.1) is 12.0 Å². The summed E-state index contributed by atoms with van der Waals surface area (Å²) in [5, 5.41) is 14.0. The average Bonchev–Trinajstić information content (AvgIpc) is 2.73. The molecule has 0 aliphatic rings. The molecule has 7 heteroatoms. The SMILES string of the molecule is CCCCCCCCCCCC(=O)N[C@@H](Cc1ccc(OC(=O)CC)cc1)C(=O)[O-].[Na+]. The van der Waals surface area contributed by atoms with E-state index in [9.17, 15) is 19.5 Å². The van der Waals surface area contributed by atoms with Crippen LogP contribution in [0.1, 0.15) is 90.0 Å². The van der Waals surface area contributed by atoms with Gasteiger partial charge >= 0.3 is 35.5 Å². The third kappa shape index (κ3) is 14.3. The Morgan fingerprint density at radius 1 is 0.903 bits per heavy atom. The molecular formula is C24H36NNaO5. The van der Waals surface area contributed by atoms with Crippen molar-refractivity contribution in [3.63, 3.8) is 0 Å². The van der Waals surface area contributed by atoms with Crippen LogP contribution in [0.4, 0.5) is 0 Å². The number of rotatable bonds is 16. The quantitative estimate of drug-likeness (QED) is 0.176. The van der Waals surface area contributed by atoms with Crippen molar-refractivity contribution in [2.75, 3.05) is 0 Å². The van der Waals surface area contributed by atoms with Gasteiger partial charge in [-0.25, -0.2) is 0 Å². The first-order chi connectivity index (χ1) is 14.5. The van der Waals surface area contributed by atoms with Gasteiger partial charge < -0.3 is 20.0 Å². The minimum absolute atomic E-state index is 0. The molecular weight excluding hydrogens is 405 g/mol. The minimum atomic E-state index is -1.31. The van der Waals surface area contributed by atoms with Crippen molar-refractivity contribution in [2.24, 2.45) is 0 Å². The summed E-state index contributed by atoms with van der Waals surface area (Å²) in [5.74, 6) is -1.50. The average molecular weight is 442 g/mol. The largest absolute Gasteiger partial charge is 1.00 e. The number of carbonyl (C=O) groups is 3. The van der Waals surface area contributed by atoms with Crippen molar-refractivity contribution in [1.29, 1.82) is 0 Å². The molecule has 1 atom stereocenters. The molecule has 0 bridgehead atoms. The molecule has 31 heavy (non-hydrogen) atoms. The number of amides is 1. The predicted octanol–water partition coefficient (Wildman–Crippen LogP) is 0.704. The maximum absolute atomic E-state index is 12.1. The molecule has 1 aromatic rings. The molecule has 0 aliphatic carbocycles. The Labute approximate surface area is 208 Å². The first-order valence-corrected chi connectivity index (χ1v) is 11.3. The summed E-state index contributed by atoms with van der Waals surface area (Å²) >= 11 is 0. The predicted molar refractivity (Wildman–Crippen MR) is 115 cm³/mol. The number of aliphatic carboxylic acids is 1. The van der Waals surface area contributed by atoms with Crippen LogP contribution in [0.3, 0.4) is 0 Å². The second-order valence-corrected chi connectivity index (χ2v) is 7.69. The van der Waals surface area contributed by atoms with Gasteiger partial charge in [-0.2, -0.15) is 0 Å². The summed E-state index contributed by atoms with van der Waals surface area (Å²) in [6.45, 7) is 3.91. The Kier molecular flexibility index (Phi) is 17.4. The van der Waals surface area contributed by atoms with Crippen molar-refractivity contribution in [1.82, 2.24) is 5.32 Å². The van der Waals surface area contributed by atoms with Crippen LogP contribution in [0.15, 0.2) is 24.3 Å². The molecule has 1 amide bonds. The molecule has 0 fully saturated rings. The summed E-state index contributed by atoms with van der Waals surface area (Å²) in [6, 6.07) is 5.50. The molecule has 0 heterocycles. The molecule has 0 radical (unpaired) electrons. The fraction of sp³-hybridized carbons (Fsp3) is 0.625. The monoisotopic (exact) mass is 441 g/mol. The minimum Gasteiger partial charge on any atom is -0.548 e. The van der Waals surface area contributed by atoms with E-state index in [1.54, 1.807) is 31.2 Å². The second-order valence-electron chi connectivity index (χ2n) is 7.69. The molecule has 0 aromatic heterocycles. The van der Waals surface area contributed by atoms with E-state index in [0.717, 1.165) is 19.3 Å². The molecule has 1 aromatic carbocycles. The first-order valence-electron chi connectivity index (χ1n) is 11.3. The van der Waals surface area contributed by atoms with E-state index < -0.39 is 12.0 Å². The van der Waals surface area contributed by atoms with Gasteiger partial charge in [-0.05, 0) is 30.5 Å². The van der Waals surface area contributed by atoms with Crippen molar-refractivity contribution in [3.05, 3.63) is 29.8 Å². The van der Waals surface area contributed by atoms with Gasteiger partial charge in [-0.1, -0.05) is 77.3 Å². The smallest absolute Gasteiger partial charge is 0.548 e. The first kappa shape index (κ1) is 29.6. The number of unbranched alkanes of at least 4 members (excludes halogenated alkanes) is 8. The Morgan fingerprint density at radius 2 is 1.45 bits per heavy atom. The third-order valence-corrected chi connectivity index (χ3v) is 5.01.